The number of carbonyl (C=O) groups excluding carboxylic acids is 1. The maximum atomic E-state index is 11.6. The molecule has 1 aromatic heterocycles. The van der Waals surface area contributed by atoms with E-state index in [0.717, 1.165) is 17.1 Å². The van der Waals surface area contributed by atoms with Crippen molar-refractivity contribution in [1.29, 1.82) is 0 Å². The largest absolute Gasteiger partial charge is 0.341 e. The third-order valence-corrected chi connectivity index (χ3v) is 2.68. The maximum absolute atomic E-state index is 11.6. The van der Waals surface area contributed by atoms with Crippen LogP contribution in [0.1, 0.15) is 22.3 Å². The quantitative estimate of drug-likeness (QED) is 0.698. The molecule has 0 aliphatic rings. The number of thiazole rings is 1. The molecule has 1 amide bonds. The summed E-state index contributed by atoms with van der Waals surface area (Å²) in [5.74, 6) is 0.0671. The van der Waals surface area contributed by atoms with Gasteiger partial charge in [0.1, 0.15) is 4.88 Å². The van der Waals surface area contributed by atoms with Crippen LogP contribution >= 0.6 is 11.3 Å². The van der Waals surface area contributed by atoms with Crippen LogP contribution in [0.15, 0.2) is 5.51 Å². The van der Waals surface area contributed by atoms with Crippen molar-refractivity contribution in [2.24, 2.45) is 0 Å². The second kappa shape index (κ2) is 3.67. The number of aryl methyl sites for hydroxylation is 1. The van der Waals surface area contributed by atoms with Crippen molar-refractivity contribution >= 4 is 17.2 Å². The van der Waals surface area contributed by atoms with Gasteiger partial charge in [0.05, 0.1) is 11.2 Å². The summed E-state index contributed by atoms with van der Waals surface area (Å²) in [6.07, 6.45) is 0. The molecule has 0 fully saturated rings. The maximum Gasteiger partial charge on any atom is 0.265 e. The average molecular weight is 184 g/mol. The van der Waals surface area contributed by atoms with Gasteiger partial charge in [-0.05, 0) is 13.8 Å². The second-order valence-corrected chi connectivity index (χ2v) is 3.44. The first-order valence-corrected chi connectivity index (χ1v) is 4.70. The van der Waals surface area contributed by atoms with Gasteiger partial charge in [0.2, 0.25) is 0 Å². The molecule has 3 nitrogen and oxygen atoms in total. The standard InChI is InChI=1S/C8H12N2OS/c1-4-10(3)8(11)7-6(2)9-5-12-7/h5H,4H2,1-3H3. The fraction of sp³-hybridized carbons (Fsp3) is 0.500. The van der Waals surface area contributed by atoms with Crippen LogP contribution in [0.2, 0.25) is 0 Å². The summed E-state index contributed by atoms with van der Waals surface area (Å²) < 4.78 is 0. The van der Waals surface area contributed by atoms with Crippen LogP contribution in [0.25, 0.3) is 0 Å². The van der Waals surface area contributed by atoms with Gasteiger partial charge < -0.3 is 4.90 Å². The Balaban J connectivity index is 2.85. The van der Waals surface area contributed by atoms with Gasteiger partial charge in [0, 0.05) is 13.6 Å². The third kappa shape index (κ3) is 1.64. The van der Waals surface area contributed by atoms with Crippen LogP contribution in [0, 0.1) is 6.92 Å². The minimum Gasteiger partial charge on any atom is -0.341 e. The highest BCUT2D eigenvalue weighted by molar-refractivity contribution is 7.11. The molecule has 1 aromatic rings. The number of rotatable bonds is 2. The molecule has 0 N–H and O–H groups in total. The highest BCUT2D eigenvalue weighted by Crippen LogP contribution is 2.13. The molecule has 0 saturated heterocycles. The third-order valence-electron chi connectivity index (χ3n) is 1.76. The van der Waals surface area contributed by atoms with E-state index in [9.17, 15) is 4.79 Å². The highest BCUT2D eigenvalue weighted by Gasteiger charge is 2.14. The van der Waals surface area contributed by atoms with Crippen LogP contribution in [-0.4, -0.2) is 29.4 Å². The van der Waals surface area contributed by atoms with E-state index in [-0.39, 0.29) is 5.91 Å². The van der Waals surface area contributed by atoms with Gasteiger partial charge in [-0.15, -0.1) is 11.3 Å². The van der Waals surface area contributed by atoms with Crippen LogP contribution in [-0.2, 0) is 0 Å². The predicted octanol–water partition coefficient (Wildman–Crippen LogP) is 1.54. The summed E-state index contributed by atoms with van der Waals surface area (Å²) in [5, 5.41) is 0. The topological polar surface area (TPSA) is 33.2 Å². The van der Waals surface area contributed by atoms with Gasteiger partial charge in [-0.25, -0.2) is 4.98 Å². The smallest absolute Gasteiger partial charge is 0.265 e. The Labute approximate surface area is 76.0 Å². The van der Waals surface area contributed by atoms with Crippen molar-refractivity contribution in [2.75, 3.05) is 13.6 Å². The molecule has 12 heavy (non-hydrogen) atoms. The lowest BCUT2D eigenvalue weighted by molar-refractivity contribution is 0.0806. The first kappa shape index (κ1) is 9.19. The van der Waals surface area contributed by atoms with E-state index in [1.165, 1.54) is 11.3 Å². The number of hydrogen-bond donors (Lipinski definition) is 0. The number of amides is 1. The van der Waals surface area contributed by atoms with Crippen molar-refractivity contribution < 1.29 is 4.79 Å². The molecule has 0 aliphatic heterocycles. The molecule has 0 spiro atoms. The molecule has 66 valence electrons. The van der Waals surface area contributed by atoms with Crippen LogP contribution in [0.4, 0.5) is 0 Å². The summed E-state index contributed by atoms with van der Waals surface area (Å²) in [5.41, 5.74) is 2.52. The number of carbonyl (C=O) groups is 1. The minimum absolute atomic E-state index is 0.0671. The van der Waals surface area contributed by atoms with E-state index < -0.39 is 0 Å². The zero-order chi connectivity index (χ0) is 9.14. The Morgan fingerprint density at radius 3 is 2.83 bits per heavy atom. The Bertz CT molecular complexity index is 282. The lowest BCUT2D eigenvalue weighted by Crippen LogP contribution is -2.25. The summed E-state index contributed by atoms with van der Waals surface area (Å²) in [4.78, 5) is 18.0. The van der Waals surface area contributed by atoms with E-state index in [0.29, 0.717) is 0 Å². The van der Waals surface area contributed by atoms with Gasteiger partial charge >= 0.3 is 0 Å². The van der Waals surface area contributed by atoms with E-state index >= 15 is 0 Å². The zero-order valence-electron chi connectivity index (χ0n) is 7.50. The molecular weight excluding hydrogens is 172 g/mol. The molecule has 0 radical (unpaired) electrons. The molecule has 0 aromatic carbocycles. The normalized spacial score (nSPS) is 9.92. The Kier molecular flexibility index (Phi) is 2.81. The molecule has 4 heteroatoms. The van der Waals surface area contributed by atoms with Crippen molar-refractivity contribution in [3.63, 3.8) is 0 Å². The highest BCUT2D eigenvalue weighted by atomic mass is 32.1. The van der Waals surface area contributed by atoms with Gasteiger partial charge in [0.25, 0.3) is 5.91 Å². The summed E-state index contributed by atoms with van der Waals surface area (Å²) >= 11 is 1.40. The zero-order valence-corrected chi connectivity index (χ0v) is 8.31. The summed E-state index contributed by atoms with van der Waals surface area (Å²) in [7, 11) is 1.79. The minimum atomic E-state index is 0.0671. The first-order chi connectivity index (χ1) is 5.66. The van der Waals surface area contributed by atoms with E-state index in [4.69, 9.17) is 0 Å². The van der Waals surface area contributed by atoms with Crippen LogP contribution in [0.5, 0.6) is 0 Å². The van der Waals surface area contributed by atoms with Crippen molar-refractivity contribution in [3.8, 4) is 0 Å². The molecule has 1 heterocycles. The molecule has 0 atom stereocenters. The first-order valence-electron chi connectivity index (χ1n) is 3.82. The van der Waals surface area contributed by atoms with Gasteiger partial charge in [0.15, 0.2) is 0 Å². The lowest BCUT2D eigenvalue weighted by atomic mass is 10.3. The number of nitrogens with zero attached hydrogens (tertiary/aromatic N) is 2. The molecule has 0 aliphatic carbocycles. The Morgan fingerprint density at radius 2 is 2.42 bits per heavy atom. The Morgan fingerprint density at radius 1 is 1.75 bits per heavy atom. The number of hydrogen-bond acceptors (Lipinski definition) is 3. The number of aromatic nitrogens is 1. The fourth-order valence-electron chi connectivity index (χ4n) is 0.824. The van der Waals surface area contributed by atoms with Gasteiger partial charge in [-0.1, -0.05) is 0 Å². The molecule has 0 saturated carbocycles. The van der Waals surface area contributed by atoms with Crippen LogP contribution in [0.3, 0.4) is 0 Å². The predicted molar refractivity (Wildman–Crippen MR) is 49.5 cm³/mol. The average Bonchev–Trinajstić information content (AvgIpc) is 2.48. The van der Waals surface area contributed by atoms with Crippen molar-refractivity contribution in [3.05, 3.63) is 16.1 Å². The Hall–Kier alpha value is -0.900. The van der Waals surface area contributed by atoms with Crippen LogP contribution < -0.4 is 0 Å². The fourth-order valence-corrected chi connectivity index (χ4v) is 1.62. The molecule has 1 rings (SSSR count). The van der Waals surface area contributed by atoms with Crippen molar-refractivity contribution in [2.45, 2.75) is 13.8 Å². The molecular formula is C8H12N2OS. The second-order valence-electron chi connectivity index (χ2n) is 2.59. The molecule has 0 bridgehead atoms. The summed E-state index contributed by atoms with van der Waals surface area (Å²) in [6, 6.07) is 0. The van der Waals surface area contributed by atoms with E-state index in [1.54, 1.807) is 17.5 Å². The van der Waals surface area contributed by atoms with E-state index in [1.807, 2.05) is 13.8 Å². The summed E-state index contributed by atoms with van der Waals surface area (Å²) in [6.45, 7) is 4.54. The van der Waals surface area contributed by atoms with E-state index in [2.05, 4.69) is 4.98 Å². The van der Waals surface area contributed by atoms with Crippen molar-refractivity contribution in [1.82, 2.24) is 9.88 Å². The van der Waals surface area contributed by atoms with Gasteiger partial charge in [-0.3, -0.25) is 4.79 Å². The SMILES string of the molecule is CCN(C)C(=O)c1scnc1C. The molecule has 0 unspecified atom stereocenters. The van der Waals surface area contributed by atoms with Gasteiger partial charge in [-0.2, -0.15) is 0 Å². The lowest BCUT2D eigenvalue weighted by Gasteiger charge is -2.12. The monoisotopic (exact) mass is 184 g/mol.